The smallest absolute Gasteiger partial charge is 0.309 e. The fraction of sp³-hybridized carbons (Fsp3) is 0.286. The summed E-state index contributed by atoms with van der Waals surface area (Å²) in [7, 11) is 1.34. The third-order valence-corrected chi connectivity index (χ3v) is 5.05. The van der Waals surface area contributed by atoms with Crippen LogP contribution in [0.2, 0.25) is 5.02 Å². The number of halogens is 1. The molecule has 1 N–H and O–H groups in total. The molecule has 1 saturated heterocycles. The summed E-state index contributed by atoms with van der Waals surface area (Å²) < 4.78 is 4.71. The number of amides is 2. The average molecular weight is 401 g/mol. The normalized spacial score (nSPS) is 16.1. The Bertz CT molecular complexity index is 882. The molecule has 0 saturated carbocycles. The van der Waals surface area contributed by atoms with Gasteiger partial charge in [-0.05, 0) is 41.8 Å². The van der Waals surface area contributed by atoms with Gasteiger partial charge in [0, 0.05) is 23.8 Å². The Labute approximate surface area is 168 Å². The van der Waals surface area contributed by atoms with Crippen LogP contribution in [0.3, 0.4) is 0 Å². The summed E-state index contributed by atoms with van der Waals surface area (Å²) in [5, 5.41) is 3.42. The molecule has 1 aliphatic heterocycles. The minimum Gasteiger partial charge on any atom is -0.469 e. The number of hydrogen-bond acceptors (Lipinski definition) is 4. The largest absolute Gasteiger partial charge is 0.469 e. The van der Waals surface area contributed by atoms with E-state index in [0.717, 1.165) is 16.8 Å². The van der Waals surface area contributed by atoms with Crippen molar-refractivity contribution in [2.45, 2.75) is 19.4 Å². The van der Waals surface area contributed by atoms with Crippen LogP contribution in [-0.4, -0.2) is 31.4 Å². The zero-order valence-electron chi connectivity index (χ0n) is 15.5. The highest BCUT2D eigenvalue weighted by molar-refractivity contribution is 6.30. The molecule has 2 amide bonds. The number of anilines is 1. The van der Waals surface area contributed by atoms with Crippen LogP contribution >= 0.6 is 11.6 Å². The minimum absolute atomic E-state index is 0.134. The van der Waals surface area contributed by atoms with Crippen molar-refractivity contribution in [1.29, 1.82) is 0 Å². The van der Waals surface area contributed by atoms with Crippen molar-refractivity contribution in [3.63, 3.8) is 0 Å². The van der Waals surface area contributed by atoms with Crippen molar-refractivity contribution in [2.24, 2.45) is 5.92 Å². The third-order valence-electron chi connectivity index (χ3n) is 4.79. The van der Waals surface area contributed by atoms with Gasteiger partial charge in [-0.3, -0.25) is 14.4 Å². The van der Waals surface area contributed by atoms with E-state index in [-0.39, 0.29) is 30.7 Å². The van der Waals surface area contributed by atoms with E-state index in [1.807, 2.05) is 24.3 Å². The predicted molar refractivity (Wildman–Crippen MR) is 106 cm³/mol. The van der Waals surface area contributed by atoms with Gasteiger partial charge >= 0.3 is 5.97 Å². The second kappa shape index (κ2) is 8.89. The number of nitrogens with zero attached hydrogens (tertiary/aromatic N) is 1. The number of rotatable bonds is 6. The lowest BCUT2D eigenvalue weighted by Crippen LogP contribution is -2.36. The van der Waals surface area contributed by atoms with Gasteiger partial charge in [0.2, 0.25) is 11.8 Å². The summed E-state index contributed by atoms with van der Waals surface area (Å²) in [6, 6.07) is 14.3. The van der Waals surface area contributed by atoms with Gasteiger partial charge in [0.1, 0.15) is 5.92 Å². The van der Waals surface area contributed by atoms with Crippen molar-refractivity contribution in [3.05, 3.63) is 64.7 Å². The maximum absolute atomic E-state index is 12.7. The second-order valence-electron chi connectivity index (χ2n) is 6.55. The molecule has 1 unspecified atom stereocenters. The van der Waals surface area contributed by atoms with Crippen LogP contribution < -0.4 is 10.2 Å². The summed E-state index contributed by atoms with van der Waals surface area (Å²) in [5.41, 5.74) is 2.34. The number of carbonyl (C=O) groups excluding carboxylic acids is 3. The lowest BCUT2D eigenvalue weighted by Gasteiger charge is -2.17. The minimum atomic E-state index is -0.719. The molecule has 0 aromatic heterocycles. The molecule has 2 aromatic carbocycles. The number of esters is 1. The fourth-order valence-corrected chi connectivity index (χ4v) is 3.36. The second-order valence-corrected chi connectivity index (χ2v) is 6.98. The Hall–Kier alpha value is -2.86. The summed E-state index contributed by atoms with van der Waals surface area (Å²) in [4.78, 5) is 38.4. The van der Waals surface area contributed by atoms with E-state index in [1.54, 1.807) is 29.2 Å². The highest BCUT2D eigenvalue weighted by atomic mass is 35.5. The first kappa shape index (κ1) is 19.9. The monoisotopic (exact) mass is 400 g/mol. The Morgan fingerprint density at radius 3 is 2.50 bits per heavy atom. The summed E-state index contributed by atoms with van der Waals surface area (Å²) in [5.74, 6) is -1.59. The molecule has 0 aliphatic carbocycles. The Morgan fingerprint density at radius 2 is 1.82 bits per heavy atom. The Kier molecular flexibility index (Phi) is 6.31. The molecule has 7 heteroatoms. The average Bonchev–Trinajstić information content (AvgIpc) is 3.09. The summed E-state index contributed by atoms with van der Waals surface area (Å²) >= 11 is 5.89. The number of ether oxygens (including phenoxy) is 1. The van der Waals surface area contributed by atoms with E-state index in [9.17, 15) is 14.4 Å². The molecule has 1 fully saturated rings. The molecular formula is C21H21ClN2O4. The van der Waals surface area contributed by atoms with Gasteiger partial charge in [0.25, 0.3) is 0 Å². The number of benzene rings is 2. The summed E-state index contributed by atoms with van der Waals surface area (Å²) in [6.07, 6.45) is 0.590. The van der Waals surface area contributed by atoms with Crippen LogP contribution in [0.15, 0.2) is 48.5 Å². The van der Waals surface area contributed by atoms with E-state index in [0.29, 0.717) is 18.0 Å². The van der Waals surface area contributed by atoms with Crippen molar-refractivity contribution in [3.8, 4) is 0 Å². The molecule has 28 heavy (non-hydrogen) atoms. The maximum Gasteiger partial charge on any atom is 0.309 e. The standard InChI is InChI=1S/C21H21ClN2O4/c1-28-19(25)12-14-4-2-3-5-15(14)13-23-20(26)18-10-11-24(21(18)27)17-8-6-16(22)7-9-17/h2-9,18H,10-13H2,1H3,(H,23,26). The van der Waals surface area contributed by atoms with Gasteiger partial charge in [-0.25, -0.2) is 0 Å². The van der Waals surface area contributed by atoms with Gasteiger partial charge in [-0.2, -0.15) is 0 Å². The first-order valence-corrected chi connectivity index (χ1v) is 9.35. The Balaban J connectivity index is 1.62. The number of methoxy groups -OCH3 is 1. The first-order valence-electron chi connectivity index (χ1n) is 8.98. The number of hydrogen-bond donors (Lipinski definition) is 1. The van der Waals surface area contributed by atoms with Crippen molar-refractivity contribution < 1.29 is 19.1 Å². The van der Waals surface area contributed by atoms with Crippen molar-refractivity contribution >= 4 is 35.1 Å². The lowest BCUT2D eigenvalue weighted by molar-refractivity contribution is -0.139. The number of carbonyl (C=O) groups is 3. The molecule has 1 aliphatic rings. The van der Waals surface area contributed by atoms with Crippen LogP contribution in [0.4, 0.5) is 5.69 Å². The molecule has 3 rings (SSSR count). The maximum atomic E-state index is 12.7. The van der Waals surface area contributed by atoms with Crippen molar-refractivity contribution in [1.82, 2.24) is 5.32 Å². The highest BCUT2D eigenvalue weighted by Crippen LogP contribution is 2.26. The van der Waals surface area contributed by atoms with Crippen LogP contribution in [0.5, 0.6) is 0 Å². The van der Waals surface area contributed by atoms with E-state index < -0.39 is 5.92 Å². The summed E-state index contributed by atoms with van der Waals surface area (Å²) in [6.45, 7) is 0.730. The SMILES string of the molecule is COC(=O)Cc1ccccc1CNC(=O)C1CCN(c2ccc(Cl)cc2)C1=O. The third kappa shape index (κ3) is 4.51. The lowest BCUT2D eigenvalue weighted by atomic mass is 10.0. The van der Waals surface area contributed by atoms with Gasteiger partial charge in [0.05, 0.1) is 13.5 Å². The Morgan fingerprint density at radius 1 is 1.14 bits per heavy atom. The van der Waals surface area contributed by atoms with Crippen LogP contribution in [-0.2, 0) is 32.1 Å². The molecule has 0 bridgehead atoms. The van der Waals surface area contributed by atoms with Gasteiger partial charge in [-0.1, -0.05) is 35.9 Å². The van der Waals surface area contributed by atoms with E-state index in [1.165, 1.54) is 7.11 Å². The molecular weight excluding hydrogens is 380 g/mol. The van der Waals surface area contributed by atoms with Gasteiger partial charge in [0.15, 0.2) is 0 Å². The van der Waals surface area contributed by atoms with E-state index >= 15 is 0 Å². The fourth-order valence-electron chi connectivity index (χ4n) is 3.24. The van der Waals surface area contributed by atoms with Crippen LogP contribution in [0.25, 0.3) is 0 Å². The quantitative estimate of drug-likeness (QED) is 0.597. The molecule has 0 spiro atoms. The molecule has 1 atom stereocenters. The molecule has 2 aromatic rings. The zero-order valence-corrected chi connectivity index (χ0v) is 16.2. The molecule has 146 valence electrons. The molecule has 1 heterocycles. The van der Waals surface area contributed by atoms with Crippen molar-refractivity contribution in [2.75, 3.05) is 18.6 Å². The molecule has 6 nitrogen and oxygen atoms in total. The highest BCUT2D eigenvalue weighted by Gasteiger charge is 2.37. The van der Waals surface area contributed by atoms with E-state index in [4.69, 9.17) is 16.3 Å². The topological polar surface area (TPSA) is 75.7 Å². The predicted octanol–water partition coefficient (Wildman–Crippen LogP) is 2.72. The molecule has 0 radical (unpaired) electrons. The van der Waals surface area contributed by atoms with Crippen LogP contribution in [0, 0.1) is 5.92 Å². The zero-order chi connectivity index (χ0) is 20.1. The first-order chi connectivity index (χ1) is 13.5. The van der Waals surface area contributed by atoms with Crippen LogP contribution in [0.1, 0.15) is 17.5 Å². The van der Waals surface area contributed by atoms with Gasteiger partial charge in [-0.15, -0.1) is 0 Å². The van der Waals surface area contributed by atoms with Gasteiger partial charge < -0.3 is 15.0 Å². The number of nitrogens with one attached hydrogen (secondary N) is 1. The van der Waals surface area contributed by atoms with E-state index in [2.05, 4.69) is 5.32 Å².